The molecule has 2 heterocycles. The highest BCUT2D eigenvalue weighted by molar-refractivity contribution is 5.90. The third kappa shape index (κ3) is 2.52. The van der Waals surface area contributed by atoms with Gasteiger partial charge in [-0.2, -0.15) is 0 Å². The summed E-state index contributed by atoms with van der Waals surface area (Å²) in [6, 6.07) is 3.67. The van der Waals surface area contributed by atoms with Gasteiger partial charge in [0.15, 0.2) is 11.6 Å². The van der Waals surface area contributed by atoms with E-state index in [9.17, 15) is 14.3 Å². The Morgan fingerprint density at radius 2 is 2.17 bits per heavy atom. The lowest BCUT2D eigenvalue weighted by Crippen LogP contribution is -2.57. The average molecular weight is 333 g/mol. The van der Waals surface area contributed by atoms with Crippen LogP contribution in [-0.4, -0.2) is 51.4 Å². The van der Waals surface area contributed by atoms with Crippen LogP contribution in [-0.2, 0) is 4.74 Å². The van der Waals surface area contributed by atoms with Crippen molar-refractivity contribution in [3.05, 3.63) is 29.9 Å². The molecule has 1 aromatic heterocycles. The molecule has 126 valence electrons. The van der Waals surface area contributed by atoms with Crippen molar-refractivity contribution in [2.24, 2.45) is 0 Å². The first-order chi connectivity index (χ1) is 11.6. The third-order valence-electron chi connectivity index (χ3n) is 4.60. The Kier molecular flexibility index (Phi) is 3.49. The van der Waals surface area contributed by atoms with E-state index in [0.29, 0.717) is 25.3 Å². The van der Waals surface area contributed by atoms with Crippen molar-refractivity contribution in [1.29, 1.82) is 0 Å². The van der Waals surface area contributed by atoms with Crippen LogP contribution in [0.2, 0.25) is 0 Å². The molecule has 1 N–H and O–H groups in total. The number of rotatable bonds is 2. The van der Waals surface area contributed by atoms with Gasteiger partial charge < -0.3 is 19.2 Å². The lowest BCUT2D eigenvalue weighted by atomic mass is 9.79. The van der Waals surface area contributed by atoms with E-state index in [4.69, 9.17) is 9.15 Å². The molecule has 8 heteroatoms. The van der Waals surface area contributed by atoms with Gasteiger partial charge in [-0.1, -0.05) is 0 Å². The summed E-state index contributed by atoms with van der Waals surface area (Å²) < 4.78 is 24.3. The van der Waals surface area contributed by atoms with Gasteiger partial charge in [0.2, 0.25) is 5.89 Å². The Hall–Kier alpha value is -2.48. The quantitative estimate of drug-likeness (QED) is 0.904. The highest BCUT2D eigenvalue weighted by Crippen LogP contribution is 2.38. The lowest BCUT2D eigenvalue weighted by molar-refractivity contribution is -0.142. The molecule has 2 aromatic rings. The fourth-order valence-corrected chi connectivity index (χ4v) is 3.10. The van der Waals surface area contributed by atoms with Gasteiger partial charge >= 0.3 is 11.8 Å². The first-order valence-corrected chi connectivity index (χ1v) is 7.82. The zero-order valence-electron chi connectivity index (χ0n) is 12.9. The Bertz CT molecular complexity index is 787. The van der Waals surface area contributed by atoms with Crippen LogP contribution < -0.4 is 0 Å². The van der Waals surface area contributed by atoms with Crippen molar-refractivity contribution in [2.75, 3.05) is 19.7 Å². The number of phenols is 1. The van der Waals surface area contributed by atoms with Crippen LogP contribution in [0.15, 0.2) is 22.6 Å². The number of hydrogen-bond acceptors (Lipinski definition) is 6. The molecular weight excluding hydrogens is 317 g/mol. The molecule has 4 rings (SSSR count). The van der Waals surface area contributed by atoms with Gasteiger partial charge in [-0.3, -0.25) is 4.79 Å². The molecule has 1 aliphatic heterocycles. The summed E-state index contributed by atoms with van der Waals surface area (Å²) in [7, 11) is 0. The molecule has 0 atom stereocenters. The third-order valence-corrected chi connectivity index (χ3v) is 4.60. The zero-order chi connectivity index (χ0) is 16.7. The summed E-state index contributed by atoms with van der Waals surface area (Å²) in [5.41, 5.74) is 0.136. The van der Waals surface area contributed by atoms with E-state index in [1.54, 1.807) is 4.90 Å². The number of phenolic OH excluding ortho intramolecular Hbond substituents is 1. The number of carbonyl (C=O) groups excluding carboxylic acids is 1. The van der Waals surface area contributed by atoms with E-state index in [1.165, 1.54) is 12.1 Å². The van der Waals surface area contributed by atoms with Crippen LogP contribution >= 0.6 is 0 Å². The lowest BCUT2D eigenvalue weighted by Gasteiger charge is -2.48. The number of nitrogens with zero attached hydrogens (tertiary/aromatic N) is 3. The van der Waals surface area contributed by atoms with Crippen molar-refractivity contribution >= 4 is 5.91 Å². The summed E-state index contributed by atoms with van der Waals surface area (Å²) >= 11 is 0. The minimum Gasteiger partial charge on any atom is -0.505 e. The largest absolute Gasteiger partial charge is 0.505 e. The molecule has 0 radical (unpaired) electrons. The van der Waals surface area contributed by atoms with Crippen molar-refractivity contribution in [2.45, 2.75) is 24.9 Å². The van der Waals surface area contributed by atoms with Gasteiger partial charge in [-0.25, -0.2) is 4.39 Å². The van der Waals surface area contributed by atoms with Crippen molar-refractivity contribution in [1.82, 2.24) is 15.1 Å². The Balaban J connectivity index is 1.53. The zero-order valence-corrected chi connectivity index (χ0v) is 12.9. The summed E-state index contributed by atoms with van der Waals surface area (Å²) in [6.45, 7) is 1.51. The molecule has 1 aromatic carbocycles. The van der Waals surface area contributed by atoms with Gasteiger partial charge in [-0.15, -0.1) is 10.2 Å². The van der Waals surface area contributed by atoms with E-state index >= 15 is 0 Å². The van der Waals surface area contributed by atoms with Crippen LogP contribution in [0.1, 0.15) is 29.9 Å². The van der Waals surface area contributed by atoms with Crippen LogP contribution in [0.4, 0.5) is 4.39 Å². The molecule has 2 fully saturated rings. The van der Waals surface area contributed by atoms with E-state index in [1.807, 2.05) is 0 Å². The highest BCUT2D eigenvalue weighted by Gasteiger charge is 2.44. The molecular formula is C16H16FN3O4. The summed E-state index contributed by atoms with van der Waals surface area (Å²) in [5, 5.41) is 17.0. The van der Waals surface area contributed by atoms with Crippen LogP contribution in [0.25, 0.3) is 11.5 Å². The second-order valence-corrected chi connectivity index (χ2v) is 6.19. The standard InChI is InChI=1S/C16H16FN3O4/c17-11-3-2-10(8-12(11)21)13-18-19-14(24-13)15(22)20-6-7-23-16(9-20)4-1-5-16/h2-3,8,21H,1,4-7,9H2. The second kappa shape index (κ2) is 5.55. The minimum atomic E-state index is -0.742. The number of benzene rings is 1. The van der Waals surface area contributed by atoms with Crippen molar-refractivity contribution in [3.8, 4) is 17.2 Å². The number of morpholine rings is 1. The Labute approximate surface area is 137 Å². The molecule has 1 spiro atoms. The molecule has 2 aliphatic rings. The molecule has 24 heavy (non-hydrogen) atoms. The predicted molar refractivity (Wildman–Crippen MR) is 79.8 cm³/mol. The van der Waals surface area contributed by atoms with Gasteiger partial charge in [-0.05, 0) is 37.5 Å². The number of ether oxygens (including phenoxy) is 1. The van der Waals surface area contributed by atoms with Gasteiger partial charge in [0.1, 0.15) is 0 Å². The monoisotopic (exact) mass is 333 g/mol. The van der Waals surface area contributed by atoms with Crippen LogP contribution in [0, 0.1) is 5.82 Å². The van der Waals surface area contributed by atoms with E-state index in [0.717, 1.165) is 25.3 Å². The maximum Gasteiger partial charge on any atom is 0.311 e. The van der Waals surface area contributed by atoms with E-state index in [-0.39, 0.29) is 23.3 Å². The predicted octanol–water partition coefficient (Wildman–Crippen LogP) is 1.98. The van der Waals surface area contributed by atoms with Crippen LogP contribution in [0.5, 0.6) is 5.75 Å². The number of aromatic hydroxyl groups is 1. The first kappa shape index (κ1) is 15.1. The minimum absolute atomic E-state index is 0.0558. The first-order valence-electron chi connectivity index (χ1n) is 7.82. The fraction of sp³-hybridized carbons (Fsp3) is 0.438. The molecule has 0 unspecified atom stereocenters. The Morgan fingerprint density at radius 3 is 2.88 bits per heavy atom. The normalized spacial score (nSPS) is 19.3. The molecule has 0 bridgehead atoms. The second-order valence-electron chi connectivity index (χ2n) is 6.19. The number of hydrogen-bond donors (Lipinski definition) is 1. The molecule has 1 saturated heterocycles. The van der Waals surface area contributed by atoms with Crippen molar-refractivity contribution < 1.29 is 23.4 Å². The fourth-order valence-electron chi connectivity index (χ4n) is 3.10. The number of carbonyl (C=O) groups is 1. The number of halogens is 1. The Morgan fingerprint density at radius 1 is 1.33 bits per heavy atom. The summed E-state index contributed by atoms with van der Waals surface area (Å²) in [6.07, 6.45) is 3.03. The van der Waals surface area contributed by atoms with Gasteiger partial charge in [0.25, 0.3) is 0 Å². The number of aromatic nitrogens is 2. The molecule has 1 aliphatic carbocycles. The van der Waals surface area contributed by atoms with Crippen molar-refractivity contribution in [3.63, 3.8) is 0 Å². The van der Waals surface area contributed by atoms with Crippen LogP contribution in [0.3, 0.4) is 0 Å². The van der Waals surface area contributed by atoms with E-state index in [2.05, 4.69) is 10.2 Å². The maximum absolute atomic E-state index is 13.1. The SMILES string of the molecule is O=C(c1nnc(-c2ccc(F)c(O)c2)o1)N1CCOC2(CCC2)C1. The maximum atomic E-state index is 13.1. The summed E-state index contributed by atoms with van der Waals surface area (Å²) in [5.74, 6) is -1.66. The average Bonchev–Trinajstić information content (AvgIpc) is 3.05. The van der Waals surface area contributed by atoms with Gasteiger partial charge in [0, 0.05) is 12.1 Å². The topological polar surface area (TPSA) is 88.7 Å². The number of amides is 1. The molecule has 1 amide bonds. The van der Waals surface area contributed by atoms with E-state index < -0.39 is 11.6 Å². The summed E-state index contributed by atoms with van der Waals surface area (Å²) in [4.78, 5) is 14.2. The molecule has 1 saturated carbocycles. The highest BCUT2D eigenvalue weighted by atomic mass is 19.1. The smallest absolute Gasteiger partial charge is 0.311 e. The van der Waals surface area contributed by atoms with Gasteiger partial charge in [0.05, 0.1) is 18.8 Å². The molecule has 7 nitrogen and oxygen atoms in total.